The number of benzene rings is 1. The topological polar surface area (TPSA) is 57.7 Å². The fourth-order valence-electron chi connectivity index (χ4n) is 2.63. The van der Waals surface area contributed by atoms with Gasteiger partial charge in [-0.15, -0.1) is 0 Å². The highest BCUT2D eigenvalue weighted by Gasteiger charge is 2.34. The Morgan fingerprint density at radius 2 is 1.86 bits per heavy atom. The second kappa shape index (κ2) is 6.64. The summed E-state index contributed by atoms with van der Waals surface area (Å²) in [4.78, 5) is 14.2. The number of rotatable bonds is 4. The molecule has 5 nitrogen and oxygen atoms in total. The fraction of sp³-hybridized carbons (Fsp3) is 0.500. The minimum Gasteiger partial charge on any atom is -0.341 e. The van der Waals surface area contributed by atoms with E-state index in [0.29, 0.717) is 18.1 Å². The van der Waals surface area contributed by atoms with Crippen LogP contribution in [0.15, 0.2) is 18.2 Å². The summed E-state index contributed by atoms with van der Waals surface area (Å²) in [7, 11) is -3.69. The van der Waals surface area contributed by atoms with Crippen molar-refractivity contribution < 1.29 is 13.2 Å². The molecule has 0 unspecified atom stereocenters. The molecule has 0 saturated carbocycles. The van der Waals surface area contributed by atoms with Crippen molar-refractivity contribution in [2.24, 2.45) is 0 Å². The number of halogens is 2. The SMILES string of the molecule is C[C@H](C(=O)N1CCCC1)N(c1cc(Cl)ccc1Cl)S(C)(=O)=O. The molecule has 2 rings (SSSR count). The monoisotopic (exact) mass is 364 g/mol. The Kier molecular flexibility index (Phi) is 5.25. The van der Waals surface area contributed by atoms with Gasteiger partial charge in [0.05, 0.1) is 17.0 Å². The number of hydrogen-bond donors (Lipinski definition) is 0. The number of carbonyl (C=O) groups is 1. The van der Waals surface area contributed by atoms with Crippen LogP contribution in [0.5, 0.6) is 0 Å². The largest absolute Gasteiger partial charge is 0.341 e. The van der Waals surface area contributed by atoms with Crippen LogP contribution in [0.2, 0.25) is 10.0 Å². The molecule has 0 aliphatic carbocycles. The maximum atomic E-state index is 12.5. The van der Waals surface area contributed by atoms with Crippen LogP contribution < -0.4 is 4.31 Å². The normalized spacial score (nSPS) is 16.6. The highest BCUT2D eigenvalue weighted by atomic mass is 35.5. The van der Waals surface area contributed by atoms with E-state index in [1.54, 1.807) is 17.9 Å². The molecule has 1 aromatic rings. The summed E-state index contributed by atoms with van der Waals surface area (Å²) in [6.45, 7) is 2.88. The van der Waals surface area contributed by atoms with Crippen molar-refractivity contribution in [3.05, 3.63) is 28.2 Å². The molecule has 0 aromatic heterocycles. The molecule has 1 saturated heterocycles. The second-order valence-electron chi connectivity index (χ2n) is 5.36. The average molecular weight is 365 g/mol. The molecule has 0 bridgehead atoms. The van der Waals surface area contributed by atoms with Gasteiger partial charge in [-0.2, -0.15) is 0 Å². The molecule has 122 valence electrons. The summed E-state index contributed by atoms with van der Waals surface area (Å²) >= 11 is 12.1. The van der Waals surface area contributed by atoms with Crippen LogP contribution in [0, 0.1) is 0 Å². The zero-order valence-corrected chi connectivity index (χ0v) is 14.7. The second-order valence-corrected chi connectivity index (χ2v) is 8.07. The minimum atomic E-state index is -3.69. The summed E-state index contributed by atoms with van der Waals surface area (Å²) in [5.41, 5.74) is 0.219. The standard InChI is InChI=1S/C14H18Cl2N2O3S/c1-10(14(19)17-7-3-4-8-17)18(22(2,20)21)13-9-11(15)5-6-12(13)16/h5-6,9-10H,3-4,7-8H2,1-2H3/t10-/m1/s1. The predicted molar refractivity (Wildman–Crippen MR) is 89.1 cm³/mol. The zero-order chi connectivity index (χ0) is 16.5. The Labute approximate surface area is 140 Å². The zero-order valence-electron chi connectivity index (χ0n) is 12.4. The molecular weight excluding hydrogens is 347 g/mol. The molecular formula is C14H18Cl2N2O3S. The van der Waals surface area contributed by atoms with Crippen LogP contribution in [-0.2, 0) is 14.8 Å². The first kappa shape index (κ1) is 17.4. The Bertz CT molecular complexity index is 673. The van der Waals surface area contributed by atoms with Gasteiger partial charge in [0.25, 0.3) is 0 Å². The van der Waals surface area contributed by atoms with Crippen molar-refractivity contribution in [2.45, 2.75) is 25.8 Å². The van der Waals surface area contributed by atoms with Crippen LogP contribution >= 0.6 is 23.2 Å². The van der Waals surface area contributed by atoms with Gasteiger partial charge >= 0.3 is 0 Å². The van der Waals surface area contributed by atoms with E-state index in [2.05, 4.69) is 0 Å². The third-order valence-electron chi connectivity index (χ3n) is 3.63. The number of carbonyl (C=O) groups excluding carboxylic acids is 1. The van der Waals surface area contributed by atoms with Gasteiger partial charge in [0.1, 0.15) is 6.04 Å². The Morgan fingerprint density at radius 1 is 1.27 bits per heavy atom. The van der Waals surface area contributed by atoms with E-state index in [1.165, 1.54) is 12.1 Å². The summed E-state index contributed by atoms with van der Waals surface area (Å²) in [5, 5.41) is 0.588. The van der Waals surface area contributed by atoms with E-state index < -0.39 is 16.1 Å². The number of sulfonamides is 1. The van der Waals surface area contributed by atoms with Crippen molar-refractivity contribution in [2.75, 3.05) is 23.7 Å². The predicted octanol–water partition coefficient (Wildman–Crippen LogP) is 2.77. The van der Waals surface area contributed by atoms with E-state index in [0.717, 1.165) is 23.4 Å². The van der Waals surface area contributed by atoms with Crippen LogP contribution in [0.4, 0.5) is 5.69 Å². The van der Waals surface area contributed by atoms with Crippen molar-refractivity contribution in [1.29, 1.82) is 0 Å². The van der Waals surface area contributed by atoms with Crippen LogP contribution in [-0.4, -0.2) is 44.6 Å². The lowest BCUT2D eigenvalue weighted by Gasteiger charge is -2.31. The average Bonchev–Trinajstić information content (AvgIpc) is 2.94. The number of likely N-dealkylation sites (tertiary alicyclic amines) is 1. The van der Waals surface area contributed by atoms with Gasteiger partial charge in [-0.1, -0.05) is 23.2 Å². The summed E-state index contributed by atoms with van der Waals surface area (Å²) in [6.07, 6.45) is 2.93. The van der Waals surface area contributed by atoms with Gasteiger partial charge in [0.2, 0.25) is 15.9 Å². The Balaban J connectivity index is 2.42. The minimum absolute atomic E-state index is 0.219. The molecule has 0 radical (unpaired) electrons. The molecule has 1 aliphatic heterocycles. The number of anilines is 1. The lowest BCUT2D eigenvalue weighted by molar-refractivity contribution is -0.130. The van der Waals surface area contributed by atoms with E-state index in [1.807, 2.05) is 0 Å². The van der Waals surface area contributed by atoms with E-state index in [9.17, 15) is 13.2 Å². The van der Waals surface area contributed by atoms with Crippen LogP contribution in [0.3, 0.4) is 0 Å². The molecule has 22 heavy (non-hydrogen) atoms. The van der Waals surface area contributed by atoms with Gasteiger partial charge in [0.15, 0.2) is 0 Å². The number of nitrogens with zero attached hydrogens (tertiary/aromatic N) is 2. The Hall–Kier alpha value is -0.980. The van der Waals surface area contributed by atoms with Gasteiger partial charge in [-0.3, -0.25) is 9.10 Å². The van der Waals surface area contributed by atoms with Crippen molar-refractivity contribution in [3.63, 3.8) is 0 Å². The maximum Gasteiger partial charge on any atom is 0.246 e. The molecule has 0 spiro atoms. The summed E-state index contributed by atoms with van der Waals surface area (Å²) in [5.74, 6) is -0.223. The molecule has 8 heteroatoms. The highest BCUT2D eigenvalue weighted by molar-refractivity contribution is 7.92. The first-order chi connectivity index (χ1) is 10.2. The number of amides is 1. The first-order valence-electron chi connectivity index (χ1n) is 6.95. The maximum absolute atomic E-state index is 12.5. The molecule has 1 amide bonds. The van der Waals surface area contributed by atoms with E-state index in [4.69, 9.17) is 23.2 Å². The van der Waals surface area contributed by atoms with Crippen molar-refractivity contribution in [1.82, 2.24) is 4.90 Å². The fourth-order valence-corrected chi connectivity index (χ4v) is 4.23. The van der Waals surface area contributed by atoms with E-state index in [-0.39, 0.29) is 16.6 Å². The first-order valence-corrected chi connectivity index (χ1v) is 9.55. The quantitative estimate of drug-likeness (QED) is 0.825. The lowest BCUT2D eigenvalue weighted by Crippen LogP contribution is -2.48. The van der Waals surface area contributed by atoms with Crippen molar-refractivity contribution >= 4 is 44.8 Å². The molecule has 0 N–H and O–H groups in total. The molecule has 1 heterocycles. The van der Waals surface area contributed by atoms with Gasteiger partial charge in [-0.25, -0.2) is 8.42 Å². The molecule has 1 fully saturated rings. The van der Waals surface area contributed by atoms with E-state index >= 15 is 0 Å². The van der Waals surface area contributed by atoms with Crippen LogP contribution in [0.1, 0.15) is 19.8 Å². The van der Waals surface area contributed by atoms with Gasteiger partial charge < -0.3 is 4.90 Å². The summed E-state index contributed by atoms with van der Waals surface area (Å²) < 4.78 is 25.5. The lowest BCUT2D eigenvalue weighted by atomic mass is 10.2. The van der Waals surface area contributed by atoms with Crippen molar-refractivity contribution in [3.8, 4) is 0 Å². The molecule has 1 atom stereocenters. The number of hydrogen-bond acceptors (Lipinski definition) is 3. The molecule has 1 aliphatic rings. The molecule has 1 aromatic carbocycles. The Morgan fingerprint density at radius 3 is 2.41 bits per heavy atom. The smallest absolute Gasteiger partial charge is 0.246 e. The third-order valence-corrected chi connectivity index (χ3v) is 5.41. The van der Waals surface area contributed by atoms with Gasteiger partial charge in [-0.05, 0) is 38.0 Å². The third kappa shape index (κ3) is 3.67. The van der Waals surface area contributed by atoms with Gasteiger partial charge in [0, 0.05) is 18.1 Å². The highest BCUT2D eigenvalue weighted by Crippen LogP contribution is 2.32. The van der Waals surface area contributed by atoms with Crippen LogP contribution in [0.25, 0.3) is 0 Å². The summed E-state index contributed by atoms with van der Waals surface area (Å²) in [6, 6.07) is 3.67.